The van der Waals surface area contributed by atoms with Crippen molar-refractivity contribution in [1.82, 2.24) is 0 Å². The molecule has 0 unspecified atom stereocenters. The van der Waals surface area contributed by atoms with Crippen LogP contribution in [-0.2, 0) is 0 Å². The van der Waals surface area contributed by atoms with Crippen molar-refractivity contribution in [2.45, 2.75) is 46.5 Å². The van der Waals surface area contributed by atoms with Gasteiger partial charge < -0.3 is 5.11 Å². The minimum Gasteiger partial charge on any atom is -0.463 e. The van der Waals surface area contributed by atoms with E-state index in [0.29, 0.717) is 11.8 Å². The lowest BCUT2D eigenvalue weighted by molar-refractivity contribution is -0.470. The molecule has 0 aliphatic carbocycles. The second-order valence-corrected chi connectivity index (χ2v) is 3.18. The van der Waals surface area contributed by atoms with Gasteiger partial charge in [-0.25, -0.2) is 4.99 Å². The molecule has 0 fully saturated rings. The largest absolute Gasteiger partial charge is 0.463 e. The molecule has 0 aliphatic rings. The highest BCUT2D eigenvalue weighted by molar-refractivity contribution is 5.70. The highest BCUT2D eigenvalue weighted by atomic mass is 16.3. The predicted molar refractivity (Wildman–Crippen MR) is 52.4 cm³/mol. The third kappa shape index (κ3) is 4.37. The molecule has 0 spiro atoms. The van der Waals surface area contributed by atoms with Gasteiger partial charge in [0.1, 0.15) is 6.54 Å². The molecule has 2 heteroatoms. The lowest BCUT2D eigenvalue weighted by Crippen LogP contribution is -2.74. The average molecular weight is 172 g/mol. The monoisotopic (exact) mass is 172 g/mol. The summed E-state index contributed by atoms with van der Waals surface area (Å²) in [5.74, 6) is 0.815. The summed E-state index contributed by atoms with van der Waals surface area (Å²) in [6.45, 7) is 7.26. The standard InChI is InChI=1S/C10H21NO/c1-4-7-8-11-10(12)9(5-2)6-3/h9H,4-8H2,1-3H3,(H,11,12)/p+1. The molecule has 2 N–H and O–H groups in total. The van der Waals surface area contributed by atoms with Gasteiger partial charge >= 0.3 is 5.90 Å². The van der Waals surface area contributed by atoms with Crippen LogP contribution in [0.4, 0.5) is 0 Å². The topological polar surface area (TPSA) is 34.2 Å². The summed E-state index contributed by atoms with van der Waals surface area (Å²) in [5, 5.41) is 9.54. The maximum atomic E-state index is 9.54. The van der Waals surface area contributed by atoms with Gasteiger partial charge in [0.05, 0.1) is 5.92 Å². The van der Waals surface area contributed by atoms with Gasteiger partial charge in [0, 0.05) is 6.42 Å². The molecule has 0 amide bonds. The Morgan fingerprint density at radius 1 is 1.25 bits per heavy atom. The van der Waals surface area contributed by atoms with Crippen LogP contribution in [0.3, 0.4) is 0 Å². The van der Waals surface area contributed by atoms with Crippen LogP contribution in [0, 0.1) is 5.92 Å². The van der Waals surface area contributed by atoms with Crippen LogP contribution in [0.15, 0.2) is 0 Å². The molecule has 0 saturated heterocycles. The number of nitrogens with one attached hydrogen (secondary N) is 1. The Balaban J connectivity index is 3.79. The average Bonchev–Trinajstić information content (AvgIpc) is 2.07. The van der Waals surface area contributed by atoms with Gasteiger partial charge in [-0.05, 0) is 12.8 Å². The number of hydrogen-bond acceptors (Lipinski definition) is 0. The molecule has 0 atom stereocenters. The molecule has 0 saturated carbocycles. The van der Waals surface area contributed by atoms with E-state index in [9.17, 15) is 5.11 Å². The maximum Gasteiger partial charge on any atom is 0.335 e. The quantitative estimate of drug-likeness (QED) is 0.353. The number of aliphatic hydroxyl groups excluding tert-OH is 1. The lowest BCUT2D eigenvalue weighted by atomic mass is 10.0. The Bertz CT molecular complexity index is 128. The zero-order chi connectivity index (χ0) is 9.40. The molecular formula is C10H22NO+. The SMILES string of the molecule is CCCC[NH+]=C(O)C(CC)CC. The van der Waals surface area contributed by atoms with Gasteiger partial charge in [-0.1, -0.05) is 27.2 Å². The zero-order valence-electron chi connectivity index (χ0n) is 8.56. The van der Waals surface area contributed by atoms with Crippen molar-refractivity contribution in [2.75, 3.05) is 6.54 Å². The van der Waals surface area contributed by atoms with Crippen LogP contribution in [0.25, 0.3) is 0 Å². The summed E-state index contributed by atoms with van der Waals surface area (Å²) in [7, 11) is 0. The van der Waals surface area contributed by atoms with Gasteiger partial charge in [0.15, 0.2) is 0 Å². The van der Waals surface area contributed by atoms with Crippen LogP contribution >= 0.6 is 0 Å². The molecule has 0 heterocycles. The lowest BCUT2D eigenvalue weighted by Gasteiger charge is -2.04. The smallest absolute Gasteiger partial charge is 0.335 e. The zero-order valence-corrected chi connectivity index (χ0v) is 8.56. The fraction of sp³-hybridized carbons (Fsp3) is 0.900. The van der Waals surface area contributed by atoms with E-state index < -0.39 is 0 Å². The second-order valence-electron chi connectivity index (χ2n) is 3.18. The third-order valence-electron chi connectivity index (χ3n) is 2.21. The Morgan fingerprint density at radius 2 is 1.83 bits per heavy atom. The van der Waals surface area contributed by atoms with Crippen LogP contribution in [-0.4, -0.2) is 17.5 Å². The van der Waals surface area contributed by atoms with Crippen LogP contribution < -0.4 is 4.99 Å². The van der Waals surface area contributed by atoms with Crippen LogP contribution in [0.1, 0.15) is 46.5 Å². The fourth-order valence-electron chi connectivity index (χ4n) is 1.21. The molecule has 0 aromatic carbocycles. The van der Waals surface area contributed by atoms with Crippen molar-refractivity contribution < 1.29 is 10.1 Å². The number of hydrogen-bond donors (Lipinski definition) is 2. The Morgan fingerprint density at radius 3 is 2.25 bits per heavy atom. The molecule has 12 heavy (non-hydrogen) atoms. The first kappa shape index (κ1) is 11.5. The normalized spacial score (nSPS) is 12.5. The third-order valence-corrected chi connectivity index (χ3v) is 2.21. The summed E-state index contributed by atoms with van der Waals surface area (Å²) in [5.41, 5.74) is 0. The highest BCUT2D eigenvalue weighted by Gasteiger charge is 2.14. The molecule has 0 aromatic rings. The van der Waals surface area contributed by atoms with Gasteiger partial charge in [-0.15, -0.1) is 0 Å². The van der Waals surface area contributed by atoms with Gasteiger partial charge in [0.25, 0.3) is 0 Å². The van der Waals surface area contributed by atoms with E-state index in [0.717, 1.165) is 25.8 Å². The van der Waals surface area contributed by atoms with E-state index in [1.54, 1.807) is 0 Å². The van der Waals surface area contributed by atoms with Gasteiger partial charge in [-0.3, -0.25) is 0 Å². The van der Waals surface area contributed by atoms with E-state index in [1.807, 2.05) is 0 Å². The van der Waals surface area contributed by atoms with E-state index >= 15 is 0 Å². The first-order valence-corrected chi connectivity index (χ1v) is 5.05. The summed E-state index contributed by atoms with van der Waals surface area (Å²) >= 11 is 0. The Hall–Kier alpha value is -0.530. The first-order chi connectivity index (χ1) is 5.76. The van der Waals surface area contributed by atoms with Crippen molar-refractivity contribution in [3.05, 3.63) is 0 Å². The van der Waals surface area contributed by atoms with Gasteiger partial charge in [-0.2, -0.15) is 0 Å². The molecular weight excluding hydrogens is 150 g/mol. The summed E-state index contributed by atoms with van der Waals surface area (Å²) < 4.78 is 0. The predicted octanol–water partition coefficient (Wildman–Crippen LogP) is 1.26. The van der Waals surface area contributed by atoms with Gasteiger partial charge in [0.2, 0.25) is 0 Å². The molecule has 0 aliphatic heterocycles. The molecule has 0 bridgehead atoms. The minimum atomic E-state index is 0.335. The fourth-order valence-corrected chi connectivity index (χ4v) is 1.21. The molecule has 0 aromatic heterocycles. The Kier molecular flexibility index (Phi) is 6.82. The first-order valence-electron chi connectivity index (χ1n) is 5.05. The van der Waals surface area contributed by atoms with Crippen molar-refractivity contribution in [3.63, 3.8) is 0 Å². The minimum absolute atomic E-state index is 0.335. The van der Waals surface area contributed by atoms with E-state index in [1.165, 1.54) is 6.42 Å². The molecule has 2 nitrogen and oxygen atoms in total. The summed E-state index contributed by atoms with van der Waals surface area (Å²) in [6, 6.07) is 0. The van der Waals surface area contributed by atoms with E-state index in [2.05, 4.69) is 25.8 Å². The van der Waals surface area contributed by atoms with Crippen molar-refractivity contribution >= 4 is 5.90 Å². The number of unbranched alkanes of at least 4 members (excludes halogenated alkanes) is 1. The Labute approximate surface area is 75.7 Å². The van der Waals surface area contributed by atoms with Crippen LogP contribution in [0.5, 0.6) is 0 Å². The van der Waals surface area contributed by atoms with Crippen molar-refractivity contribution in [1.29, 1.82) is 0 Å². The van der Waals surface area contributed by atoms with Crippen molar-refractivity contribution in [2.24, 2.45) is 5.92 Å². The molecule has 72 valence electrons. The number of aliphatic hydroxyl groups is 1. The van der Waals surface area contributed by atoms with Crippen molar-refractivity contribution in [3.8, 4) is 0 Å². The second kappa shape index (κ2) is 7.14. The summed E-state index contributed by atoms with van der Waals surface area (Å²) in [6.07, 6.45) is 4.33. The van der Waals surface area contributed by atoms with Crippen LogP contribution in [0.2, 0.25) is 0 Å². The highest BCUT2D eigenvalue weighted by Crippen LogP contribution is 2.04. The molecule has 0 rings (SSSR count). The molecule has 0 radical (unpaired) electrons. The van der Waals surface area contributed by atoms with E-state index in [4.69, 9.17) is 0 Å². The maximum absolute atomic E-state index is 9.54. The summed E-state index contributed by atoms with van der Waals surface area (Å²) in [4.78, 5) is 3.06. The van der Waals surface area contributed by atoms with E-state index in [-0.39, 0.29) is 0 Å². The number of rotatable bonds is 6.